The van der Waals surface area contributed by atoms with Crippen molar-refractivity contribution >= 4 is 23.9 Å². The van der Waals surface area contributed by atoms with Gasteiger partial charge in [0.1, 0.15) is 12.4 Å². The Kier molecular flexibility index (Phi) is 6.67. The van der Waals surface area contributed by atoms with Gasteiger partial charge in [-0.05, 0) is 48.0 Å². The minimum atomic E-state index is -1.14. The van der Waals surface area contributed by atoms with Crippen LogP contribution in [0.3, 0.4) is 0 Å². The normalized spacial score (nSPS) is 10.6. The molecule has 0 spiro atoms. The van der Waals surface area contributed by atoms with Crippen molar-refractivity contribution in [1.82, 2.24) is 5.43 Å². The molecule has 0 saturated carbocycles. The number of nitrogens with zero attached hydrogens (tertiary/aromatic N) is 1. The molecular weight excluding hydrogens is 390 g/mol. The second-order valence-electron chi connectivity index (χ2n) is 5.96. The summed E-state index contributed by atoms with van der Waals surface area (Å²) < 4.78 is 16.1. The van der Waals surface area contributed by atoms with Crippen molar-refractivity contribution in [2.45, 2.75) is 6.61 Å². The van der Waals surface area contributed by atoms with E-state index in [-0.39, 0.29) is 12.4 Å². The lowest BCUT2D eigenvalue weighted by atomic mass is 10.2. The van der Waals surface area contributed by atoms with E-state index < -0.39 is 12.0 Å². The largest absolute Gasteiger partial charge is 0.493 e. The van der Waals surface area contributed by atoms with Gasteiger partial charge in [-0.1, -0.05) is 18.2 Å². The predicted molar refractivity (Wildman–Crippen MR) is 109 cm³/mol. The minimum Gasteiger partial charge on any atom is -0.493 e. The third-order valence-corrected chi connectivity index (χ3v) is 3.84. The summed E-state index contributed by atoms with van der Waals surface area (Å²) in [6.45, 7) is 0.0400. The van der Waals surface area contributed by atoms with Gasteiger partial charge in [0.25, 0.3) is 0 Å². The van der Waals surface area contributed by atoms with Crippen molar-refractivity contribution in [2.24, 2.45) is 5.10 Å². The molecule has 0 unspecified atom stereocenters. The zero-order chi connectivity index (χ0) is 21.3. The Hall–Kier alpha value is -4.27. The molecule has 154 valence electrons. The fourth-order valence-corrected chi connectivity index (χ4v) is 2.45. The van der Waals surface area contributed by atoms with Crippen LogP contribution in [0.2, 0.25) is 0 Å². The van der Waals surface area contributed by atoms with Gasteiger partial charge in [-0.3, -0.25) is 0 Å². The first-order valence-electron chi connectivity index (χ1n) is 8.83. The van der Waals surface area contributed by atoms with Crippen molar-refractivity contribution in [3.05, 3.63) is 77.7 Å². The molecule has 1 heterocycles. The molecule has 1 aromatic heterocycles. The Morgan fingerprint density at radius 2 is 1.90 bits per heavy atom. The summed E-state index contributed by atoms with van der Waals surface area (Å²) in [4.78, 5) is 22.7. The van der Waals surface area contributed by atoms with Gasteiger partial charge >= 0.3 is 12.0 Å². The summed E-state index contributed by atoms with van der Waals surface area (Å²) in [5, 5.41) is 15.4. The number of carbonyl (C=O) groups is 2. The number of benzene rings is 2. The van der Waals surface area contributed by atoms with E-state index in [1.165, 1.54) is 25.5 Å². The minimum absolute atomic E-state index is 0.0400. The molecule has 0 bridgehead atoms. The van der Waals surface area contributed by atoms with Crippen LogP contribution in [0, 0.1) is 0 Å². The maximum atomic E-state index is 11.8. The summed E-state index contributed by atoms with van der Waals surface area (Å²) >= 11 is 0. The molecule has 9 heteroatoms. The van der Waals surface area contributed by atoms with Crippen LogP contribution in [0.15, 0.2) is 70.2 Å². The second kappa shape index (κ2) is 9.78. The molecule has 0 atom stereocenters. The summed E-state index contributed by atoms with van der Waals surface area (Å²) in [7, 11) is 1.49. The van der Waals surface area contributed by atoms with E-state index in [1.807, 2.05) is 18.2 Å². The van der Waals surface area contributed by atoms with Gasteiger partial charge in [0.05, 0.1) is 13.3 Å². The van der Waals surface area contributed by atoms with Gasteiger partial charge in [0.15, 0.2) is 11.5 Å². The van der Waals surface area contributed by atoms with Crippen LogP contribution < -0.4 is 20.2 Å². The number of methoxy groups -OCH3 is 1. The Bertz CT molecular complexity index is 1050. The van der Waals surface area contributed by atoms with Crippen molar-refractivity contribution in [3.8, 4) is 11.5 Å². The highest BCUT2D eigenvalue weighted by Gasteiger charge is 2.11. The zero-order valence-electron chi connectivity index (χ0n) is 16.0. The number of carbonyl (C=O) groups excluding carboxylic acids is 1. The summed E-state index contributed by atoms with van der Waals surface area (Å²) in [5.74, 6) is -0.0476. The Labute approximate surface area is 171 Å². The van der Waals surface area contributed by atoms with E-state index in [1.54, 1.807) is 30.3 Å². The van der Waals surface area contributed by atoms with Gasteiger partial charge in [0.2, 0.25) is 5.76 Å². The number of anilines is 1. The summed E-state index contributed by atoms with van der Waals surface area (Å²) in [5.41, 5.74) is 3.70. The highest BCUT2D eigenvalue weighted by molar-refractivity contribution is 5.90. The number of hydrogen-bond acceptors (Lipinski definition) is 6. The zero-order valence-corrected chi connectivity index (χ0v) is 16.0. The van der Waals surface area contributed by atoms with E-state index in [4.69, 9.17) is 19.0 Å². The Balaban J connectivity index is 1.57. The van der Waals surface area contributed by atoms with Crippen molar-refractivity contribution in [3.63, 3.8) is 0 Å². The van der Waals surface area contributed by atoms with Crippen LogP contribution in [0.4, 0.5) is 10.5 Å². The molecule has 3 rings (SSSR count). The summed E-state index contributed by atoms with van der Waals surface area (Å²) in [6, 6.07) is 16.5. The SMILES string of the molecule is COc1cc(C=NNC(=O)Nc2ccccc2)ccc1OCc1ccc(C(=O)O)o1. The first-order chi connectivity index (χ1) is 14.5. The average Bonchev–Trinajstić information content (AvgIpc) is 3.23. The lowest BCUT2D eigenvalue weighted by molar-refractivity contribution is 0.0658. The van der Waals surface area contributed by atoms with Crippen molar-refractivity contribution in [2.75, 3.05) is 12.4 Å². The van der Waals surface area contributed by atoms with E-state index in [9.17, 15) is 9.59 Å². The monoisotopic (exact) mass is 409 g/mol. The molecule has 3 N–H and O–H groups in total. The molecule has 30 heavy (non-hydrogen) atoms. The molecule has 0 aliphatic carbocycles. The van der Waals surface area contributed by atoms with Crippen molar-refractivity contribution in [1.29, 1.82) is 0 Å². The van der Waals surface area contributed by atoms with Crippen LogP contribution in [-0.4, -0.2) is 30.4 Å². The molecule has 0 aliphatic rings. The van der Waals surface area contributed by atoms with Gasteiger partial charge in [0, 0.05) is 5.69 Å². The quantitative estimate of drug-likeness (QED) is 0.385. The number of hydrazone groups is 1. The third-order valence-electron chi connectivity index (χ3n) is 3.84. The van der Waals surface area contributed by atoms with Crippen LogP contribution in [0.5, 0.6) is 11.5 Å². The molecule has 2 amide bonds. The van der Waals surface area contributed by atoms with E-state index >= 15 is 0 Å². The number of carboxylic acid groups (broad SMARTS) is 1. The number of rotatable bonds is 8. The van der Waals surface area contributed by atoms with Crippen LogP contribution >= 0.6 is 0 Å². The van der Waals surface area contributed by atoms with E-state index in [0.29, 0.717) is 28.5 Å². The lowest BCUT2D eigenvalue weighted by Gasteiger charge is -2.10. The standard InChI is InChI=1S/C21H19N3O6/c1-28-19-11-14(12-22-24-21(27)23-15-5-3-2-4-6-15)7-9-17(19)29-13-16-8-10-18(30-16)20(25)26/h2-12H,13H2,1H3,(H,25,26)(H2,23,24,27). The van der Waals surface area contributed by atoms with Gasteiger partial charge in [-0.15, -0.1) is 0 Å². The predicted octanol–water partition coefficient (Wildman–Crippen LogP) is 3.72. The smallest absolute Gasteiger partial charge is 0.371 e. The second-order valence-corrected chi connectivity index (χ2v) is 5.96. The van der Waals surface area contributed by atoms with Gasteiger partial charge < -0.3 is 24.3 Å². The molecule has 0 fully saturated rings. The molecule has 3 aromatic rings. The number of ether oxygens (including phenoxy) is 2. The van der Waals surface area contributed by atoms with E-state index in [2.05, 4.69) is 15.8 Å². The van der Waals surface area contributed by atoms with Gasteiger partial charge in [-0.2, -0.15) is 5.10 Å². The lowest BCUT2D eigenvalue weighted by Crippen LogP contribution is -2.24. The average molecular weight is 409 g/mol. The van der Waals surface area contributed by atoms with Crippen molar-refractivity contribution < 1.29 is 28.6 Å². The topological polar surface area (TPSA) is 122 Å². The summed E-state index contributed by atoms with van der Waals surface area (Å²) in [6.07, 6.45) is 1.46. The molecule has 9 nitrogen and oxygen atoms in total. The number of aromatic carboxylic acids is 1. The number of para-hydroxylation sites is 1. The number of carboxylic acids is 1. The van der Waals surface area contributed by atoms with E-state index in [0.717, 1.165) is 0 Å². The Morgan fingerprint density at radius 3 is 2.60 bits per heavy atom. The van der Waals surface area contributed by atoms with Crippen LogP contribution in [-0.2, 0) is 6.61 Å². The number of nitrogens with one attached hydrogen (secondary N) is 2. The highest BCUT2D eigenvalue weighted by Crippen LogP contribution is 2.28. The number of urea groups is 1. The molecule has 0 saturated heterocycles. The number of amides is 2. The Morgan fingerprint density at radius 1 is 1.10 bits per heavy atom. The molecule has 2 aromatic carbocycles. The first kappa shape index (κ1) is 20.5. The highest BCUT2D eigenvalue weighted by atomic mass is 16.5. The maximum Gasteiger partial charge on any atom is 0.371 e. The molecular formula is C21H19N3O6. The maximum absolute atomic E-state index is 11.8. The first-order valence-corrected chi connectivity index (χ1v) is 8.83. The van der Waals surface area contributed by atoms with Crippen LogP contribution in [0.25, 0.3) is 0 Å². The fraction of sp³-hybridized carbons (Fsp3) is 0.0952. The number of hydrogen-bond donors (Lipinski definition) is 3. The number of furan rings is 1. The molecule has 0 radical (unpaired) electrons. The van der Waals surface area contributed by atoms with Crippen LogP contribution in [0.1, 0.15) is 21.9 Å². The fourth-order valence-electron chi connectivity index (χ4n) is 2.45. The van der Waals surface area contributed by atoms with Gasteiger partial charge in [-0.25, -0.2) is 15.0 Å². The third kappa shape index (κ3) is 5.61. The molecule has 0 aliphatic heterocycles.